The van der Waals surface area contributed by atoms with Gasteiger partial charge >= 0.3 is 0 Å². The fraction of sp³-hybridized carbons (Fsp3) is 0.553. The van der Waals surface area contributed by atoms with Crippen LogP contribution in [-0.2, 0) is 9.22 Å². The number of fused-ring (bicyclic) bond motifs is 5. The lowest BCUT2D eigenvalue weighted by molar-refractivity contribution is -0.116. The predicted molar refractivity (Wildman–Crippen MR) is 173 cm³/mol. The minimum atomic E-state index is -2.53. The Balaban J connectivity index is 1.33. The highest BCUT2D eigenvalue weighted by atomic mass is 28.4. The molecule has 0 spiro atoms. The summed E-state index contributed by atoms with van der Waals surface area (Å²) in [5.74, 6) is 3.38. The molecule has 0 radical (unpaired) electrons. The van der Waals surface area contributed by atoms with Gasteiger partial charge in [0, 0.05) is 17.4 Å². The summed E-state index contributed by atoms with van der Waals surface area (Å²) >= 11 is 0. The van der Waals surface area contributed by atoms with E-state index in [4.69, 9.17) is 4.43 Å². The van der Waals surface area contributed by atoms with Crippen molar-refractivity contribution in [1.29, 1.82) is 0 Å². The summed E-state index contributed by atoms with van der Waals surface area (Å²) in [5.41, 5.74) is 2.81. The van der Waals surface area contributed by atoms with Gasteiger partial charge in [-0.3, -0.25) is 4.79 Å². The van der Waals surface area contributed by atoms with Crippen molar-refractivity contribution in [2.24, 2.45) is 34.5 Å². The summed E-state index contributed by atoms with van der Waals surface area (Å²) in [6.45, 7) is 10.2. The quantitative estimate of drug-likeness (QED) is 0.226. The lowest BCUT2D eigenvalue weighted by Gasteiger charge is -2.56. The number of Topliss-reactive ketones (excluding diaryl/α,β-unsaturated/α-hetero) is 1. The summed E-state index contributed by atoms with van der Waals surface area (Å²) in [6, 6.07) is 22.8. The molecule has 0 aromatic heterocycles. The number of hydrogen-bond donors (Lipinski definition) is 0. The van der Waals surface area contributed by atoms with E-state index >= 15 is 0 Å². The van der Waals surface area contributed by atoms with E-state index in [0.29, 0.717) is 24.4 Å². The normalized spacial score (nSPS) is 32.9. The van der Waals surface area contributed by atoms with Crippen molar-refractivity contribution in [2.75, 3.05) is 6.61 Å². The van der Waals surface area contributed by atoms with Gasteiger partial charge in [-0.15, -0.1) is 0 Å². The molecule has 2 nitrogen and oxygen atoms in total. The van der Waals surface area contributed by atoms with E-state index in [1.807, 2.05) is 0 Å². The molecule has 2 aromatic rings. The van der Waals surface area contributed by atoms with Crippen molar-refractivity contribution in [2.45, 2.75) is 91.5 Å². The topological polar surface area (TPSA) is 26.3 Å². The second-order valence-corrected chi connectivity index (χ2v) is 17.7. The molecule has 4 aliphatic carbocycles. The van der Waals surface area contributed by atoms with Gasteiger partial charge < -0.3 is 4.43 Å². The van der Waals surface area contributed by atoms with E-state index in [9.17, 15) is 4.79 Å². The van der Waals surface area contributed by atoms with Crippen molar-refractivity contribution in [3.05, 3.63) is 84.0 Å². The van der Waals surface area contributed by atoms with Crippen molar-refractivity contribution >= 4 is 24.5 Å². The van der Waals surface area contributed by atoms with Gasteiger partial charge in [0.1, 0.15) is 0 Å². The van der Waals surface area contributed by atoms with Crippen LogP contribution in [0.25, 0.3) is 0 Å². The highest BCUT2D eigenvalue weighted by Crippen LogP contribution is 2.66. The maximum atomic E-state index is 13.7. The van der Waals surface area contributed by atoms with Gasteiger partial charge in [0.2, 0.25) is 0 Å². The number of carbonyl (C=O) groups is 1. The number of hydrogen-bond acceptors (Lipinski definition) is 2. The number of ketones is 1. The number of carbonyl (C=O) groups excluding carboxylic acids is 1. The first-order valence-corrected chi connectivity index (χ1v) is 18.7. The summed E-state index contributed by atoms with van der Waals surface area (Å²) in [5, 5.41) is 2.62. The first-order valence-electron chi connectivity index (χ1n) is 16.5. The molecule has 0 aliphatic heterocycles. The van der Waals surface area contributed by atoms with Crippen LogP contribution in [0.1, 0.15) is 85.5 Å². The van der Waals surface area contributed by atoms with Crippen LogP contribution in [0.3, 0.4) is 0 Å². The van der Waals surface area contributed by atoms with Gasteiger partial charge in [-0.2, -0.15) is 0 Å². The molecule has 2 saturated carbocycles. The van der Waals surface area contributed by atoms with E-state index in [1.165, 1.54) is 54.5 Å². The lowest BCUT2D eigenvalue weighted by Crippen LogP contribution is -2.61. The Morgan fingerprint density at radius 3 is 2.22 bits per heavy atom. The monoisotopic (exact) mass is 566 g/mol. The summed E-state index contributed by atoms with van der Waals surface area (Å²) in [6.07, 6.45) is 15.7. The number of unbranched alkanes of at least 4 members (excludes halogenated alkanes) is 1. The van der Waals surface area contributed by atoms with Crippen molar-refractivity contribution in [3.63, 3.8) is 0 Å². The Labute approximate surface area is 249 Å². The molecule has 218 valence electrons. The Bertz CT molecular complexity index is 1260. The van der Waals surface area contributed by atoms with Crippen LogP contribution in [0.2, 0.25) is 6.04 Å². The van der Waals surface area contributed by atoms with Crippen molar-refractivity contribution in [3.8, 4) is 0 Å². The smallest absolute Gasteiger partial charge is 0.256 e. The van der Waals surface area contributed by atoms with Gasteiger partial charge in [-0.05, 0) is 77.6 Å². The highest BCUT2D eigenvalue weighted by molar-refractivity contribution is 6.97. The molecule has 2 aromatic carbocycles. The number of allylic oxidation sites excluding steroid dienone is 3. The zero-order valence-electron chi connectivity index (χ0n) is 25.8. The van der Waals surface area contributed by atoms with Gasteiger partial charge in [-0.1, -0.05) is 125 Å². The minimum absolute atomic E-state index is 0.0196. The Kier molecular flexibility index (Phi) is 8.06. The van der Waals surface area contributed by atoms with Crippen molar-refractivity contribution < 1.29 is 9.22 Å². The third-order valence-electron chi connectivity index (χ3n) is 12.2. The summed E-state index contributed by atoms with van der Waals surface area (Å²) in [4.78, 5) is 13.7. The maximum absolute atomic E-state index is 13.7. The van der Waals surface area contributed by atoms with E-state index in [2.05, 4.69) is 101 Å². The molecule has 3 heteroatoms. The van der Waals surface area contributed by atoms with E-state index < -0.39 is 8.32 Å². The second-order valence-electron chi connectivity index (χ2n) is 14.1. The molecule has 41 heavy (non-hydrogen) atoms. The molecule has 2 fully saturated rings. The van der Waals surface area contributed by atoms with E-state index in [1.54, 1.807) is 0 Å². The Hall–Kier alpha value is -2.23. The van der Waals surface area contributed by atoms with Crippen LogP contribution in [0.15, 0.2) is 84.0 Å². The molecule has 6 rings (SSSR count). The van der Waals surface area contributed by atoms with Crippen LogP contribution in [0.4, 0.5) is 0 Å². The molecule has 0 N–H and O–H groups in total. The van der Waals surface area contributed by atoms with Gasteiger partial charge in [0.05, 0.1) is 6.61 Å². The SMILES string of the molecule is CCCC[Si](OCC1=C[C@@]2(C)C(=CC[C@H]3[C@@H]4CC[C@H](CC)[C@@]4(C)CC[C@@H]32)CC1=O)(c1ccccc1)c1ccccc1. The van der Waals surface area contributed by atoms with Crippen molar-refractivity contribution in [1.82, 2.24) is 0 Å². The first kappa shape index (κ1) is 28.9. The summed E-state index contributed by atoms with van der Waals surface area (Å²) in [7, 11) is -2.53. The highest BCUT2D eigenvalue weighted by Gasteiger charge is 2.58. The zero-order valence-corrected chi connectivity index (χ0v) is 26.8. The number of rotatable bonds is 9. The second kappa shape index (κ2) is 11.5. The summed E-state index contributed by atoms with van der Waals surface area (Å²) < 4.78 is 7.22. The Morgan fingerprint density at radius 1 is 0.902 bits per heavy atom. The van der Waals surface area contributed by atoms with E-state index in [-0.39, 0.29) is 11.2 Å². The third-order valence-corrected chi connectivity index (χ3v) is 16.5. The molecule has 0 amide bonds. The van der Waals surface area contributed by atoms with Gasteiger partial charge in [0.25, 0.3) is 8.32 Å². The molecular formula is C38H50O2Si. The molecule has 0 saturated heterocycles. The minimum Gasteiger partial charge on any atom is -0.403 e. The maximum Gasteiger partial charge on any atom is 0.256 e. The fourth-order valence-corrected chi connectivity index (χ4v) is 14.0. The number of benzene rings is 2. The molecule has 0 unspecified atom stereocenters. The predicted octanol–water partition coefficient (Wildman–Crippen LogP) is 8.27. The van der Waals surface area contributed by atoms with Gasteiger partial charge in [0.15, 0.2) is 5.78 Å². The average Bonchev–Trinajstić information content (AvgIpc) is 3.35. The van der Waals surface area contributed by atoms with Crippen LogP contribution in [0, 0.1) is 34.5 Å². The fourth-order valence-electron chi connectivity index (χ4n) is 9.93. The average molecular weight is 567 g/mol. The third kappa shape index (κ3) is 4.85. The van der Waals surface area contributed by atoms with Crippen LogP contribution in [0.5, 0.6) is 0 Å². The molecule has 6 atom stereocenters. The zero-order chi connectivity index (χ0) is 28.7. The molecular weight excluding hydrogens is 517 g/mol. The van der Waals surface area contributed by atoms with Crippen LogP contribution >= 0.6 is 0 Å². The first-order chi connectivity index (χ1) is 19.9. The molecule has 4 aliphatic rings. The Morgan fingerprint density at radius 2 is 1.59 bits per heavy atom. The van der Waals surface area contributed by atoms with E-state index in [0.717, 1.165) is 42.2 Å². The van der Waals surface area contributed by atoms with Crippen LogP contribution in [-0.4, -0.2) is 20.7 Å². The van der Waals surface area contributed by atoms with Crippen LogP contribution < -0.4 is 10.4 Å². The molecule has 0 heterocycles. The largest absolute Gasteiger partial charge is 0.403 e. The lowest BCUT2D eigenvalue weighted by atomic mass is 9.48. The standard InChI is InChI=1S/C38H50O2Si/c1-5-7-24-41(31-14-10-8-11-15-31,32-16-12-9-13-17-32)40-27-28-26-38(4)30(25-36(28)39)18-20-33-34-21-19-29(6-2)37(34,3)23-22-35(33)38/h8-18,26,29,33-35H,5-7,19-25,27H2,1-4H3/t29-,33-,34-,35-,37+,38-/m0/s1. The van der Waals surface area contributed by atoms with Gasteiger partial charge in [-0.25, -0.2) is 0 Å². The molecule has 0 bridgehead atoms.